The topological polar surface area (TPSA) is 42.4 Å². The lowest BCUT2D eigenvalue weighted by Gasteiger charge is -2.09. The third-order valence-electron chi connectivity index (χ3n) is 1.99. The van der Waals surface area contributed by atoms with Crippen LogP contribution in [0.2, 0.25) is 5.02 Å². The Morgan fingerprint density at radius 2 is 1.89 bits per heavy atom. The van der Waals surface area contributed by atoms with Gasteiger partial charge in [-0.1, -0.05) is 17.7 Å². The standard InChI is InChI=1S/C11H5ClF3NO2/c12-7-9(8(13)11(15)16-10(7)14)18-6-3-1-2-5(17)4-6/h1-4,17H. The molecule has 2 aromatic rings. The predicted octanol–water partition coefficient (Wildman–Crippen LogP) is 3.65. The van der Waals surface area contributed by atoms with E-state index in [4.69, 9.17) is 16.3 Å². The maximum absolute atomic E-state index is 13.4. The molecule has 0 aliphatic heterocycles. The van der Waals surface area contributed by atoms with Gasteiger partial charge in [0.05, 0.1) is 0 Å². The largest absolute Gasteiger partial charge is 0.508 e. The SMILES string of the molecule is Oc1cccc(Oc2c(F)c(F)nc(F)c2Cl)c1. The van der Waals surface area contributed by atoms with Crippen LogP contribution in [0.4, 0.5) is 13.2 Å². The number of nitrogens with zero attached hydrogens (tertiary/aromatic N) is 1. The molecule has 3 nitrogen and oxygen atoms in total. The Morgan fingerprint density at radius 3 is 2.56 bits per heavy atom. The summed E-state index contributed by atoms with van der Waals surface area (Å²) in [6.45, 7) is 0. The van der Waals surface area contributed by atoms with Crippen molar-refractivity contribution in [3.63, 3.8) is 0 Å². The van der Waals surface area contributed by atoms with Gasteiger partial charge in [-0.3, -0.25) is 0 Å². The maximum atomic E-state index is 13.4. The Kier molecular flexibility index (Phi) is 3.29. The third-order valence-corrected chi connectivity index (χ3v) is 2.32. The Morgan fingerprint density at radius 1 is 1.17 bits per heavy atom. The summed E-state index contributed by atoms with van der Waals surface area (Å²) in [5, 5.41) is 8.39. The van der Waals surface area contributed by atoms with Crippen LogP contribution in [-0.4, -0.2) is 10.1 Å². The molecule has 0 spiro atoms. The van der Waals surface area contributed by atoms with Crippen molar-refractivity contribution in [3.8, 4) is 17.2 Å². The fraction of sp³-hybridized carbons (Fsp3) is 0. The van der Waals surface area contributed by atoms with E-state index in [1.165, 1.54) is 18.2 Å². The van der Waals surface area contributed by atoms with Gasteiger partial charge in [0.1, 0.15) is 16.5 Å². The first kappa shape index (κ1) is 12.5. The number of ether oxygens (including phenoxy) is 1. The summed E-state index contributed by atoms with van der Waals surface area (Å²) >= 11 is 5.43. The smallest absolute Gasteiger partial charge is 0.255 e. The number of phenols is 1. The van der Waals surface area contributed by atoms with E-state index in [9.17, 15) is 18.3 Å². The fourth-order valence-corrected chi connectivity index (χ4v) is 1.39. The van der Waals surface area contributed by atoms with Gasteiger partial charge in [-0.15, -0.1) is 0 Å². The van der Waals surface area contributed by atoms with Crippen molar-refractivity contribution in [2.45, 2.75) is 0 Å². The molecule has 2 rings (SSSR count). The van der Waals surface area contributed by atoms with Gasteiger partial charge >= 0.3 is 0 Å². The van der Waals surface area contributed by atoms with Crippen LogP contribution in [-0.2, 0) is 0 Å². The monoisotopic (exact) mass is 275 g/mol. The lowest BCUT2D eigenvalue weighted by atomic mass is 10.3. The summed E-state index contributed by atoms with van der Waals surface area (Å²) in [6, 6.07) is 5.24. The summed E-state index contributed by atoms with van der Waals surface area (Å²) in [7, 11) is 0. The molecule has 0 fully saturated rings. The van der Waals surface area contributed by atoms with E-state index in [-0.39, 0.29) is 11.5 Å². The minimum atomic E-state index is -1.66. The minimum Gasteiger partial charge on any atom is -0.508 e. The van der Waals surface area contributed by atoms with Gasteiger partial charge in [0.2, 0.25) is 11.8 Å². The van der Waals surface area contributed by atoms with E-state index in [2.05, 4.69) is 4.98 Å². The van der Waals surface area contributed by atoms with Gasteiger partial charge in [0, 0.05) is 6.07 Å². The van der Waals surface area contributed by atoms with Crippen molar-refractivity contribution in [2.24, 2.45) is 0 Å². The van der Waals surface area contributed by atoms with Crippen molar-refractivity contribution in [1.29, 1.82) is 0 Å². The maximum Gasteiger partial charge on any atom is 0.255 e. The number of aromatic hydroxyl groups is 1. The van der Waals surface area contributed by atoms with Crippen LogP contribution < -0.4 is 4.74 Å². The van der Waals surface area contributed by atoms with E-state index in [0.29, 0.717) is 0 Å². The molecule has 0 amide bonds. The van der Waals surface area contributed by atoms with Crippen molar-refractivity contribution in [3.05, 3.63) is 47.0 Å². The fourth-order valence-electron chi connectivity index (χ4n) is 1.22. The summed E-state index contributed by atoms with van der Waals surface area (Å²) in [4.78, 5) is 2.62. The summed E-state index contributed by atoms with van der Waals surface area (Å²) in [6.07, 6.45) is 0. The Bertz CT molecular complexity index is 581. The van der Waals surface area contributed by atoms with Crippen molar-refractivity contribution in [2.75, 3.05) is 0 Å². The molecule has 7 heteroatoms. The Hall–Kier alpha value is -1.95. The molecule has 0 saturated heterocycles. The molecule has 0 unspecified atom stereocenters. The highest BCUT2D eigenvalue weighted by Crippen LogP contribution is 2.34. The molecule has 0 aliphatic carbocycles. The van der Waals surface area contributed by atoms with Crippen LogP contribution in [0, 0.1) is 17.7 Å². The van der Waals surface area contributed by atoms with E-state index < -0.39 is 28.5 Å². The average molecular weight is 276 g/mol. The van der Waals surface area contributed by atoms with Gasteiger partial charge in [-0.05, 0) is 12.1 Å². The highest BCUT2D eigenvalue weighted by molar-refractivity contribution is 6.32. The summed E-state index contributed by atoms with van der Waals surface area (Å²) in [5.41, 5.74) is 0. The van der Waals surface area contributed by atoms with Crippen LogP contribution in [0.1, 0.15) is 0 Å². The molecule has 1 aromatic heterocycles. The van der Waals surface area contributed by atoms with Crippen LogP contribution in [0.25, 0.3) is 0 Å². The van der Waals surface area contributed by atoms with Gasteiger partial charge in [-0.2, -0.15) is 18.2 Å². The van der Waals surface area contributed by atoms with Gasteiger partial charge < -0.3 is 9.84 Å². The molecule has 0 aliphatic rings. The molecule has 1 heterocycles. The highest BCUT2D eigenvalue weighted by atomic mass is 35.5. The molecule has 94 valence electrons. The molecule has 0 atom stereocenters. The molecule has 0 radical (unpaired) electrons. The number of pyridine rings is 1. The second kappa shape index (κ2) is 4.73. The number of hydrogen-bond donors (Lipinski definition) is 1. The molecule has 1 aromatic carbocycles. The minimum absolute atomic E-state index is 0.0270. The third kappa shape index (κ3) is 2.33. The lowest BCUT2D eigenvalue weighted by Crippen LogP contribution is -2.00. The van der Waals surface area contributed by atoms with E-state index in [1.54, 1.807) is 0 Å². The Balaban J connectivity index is 2.46. The van der Waals surface area contributed by atoms with E-state index in [1.807, 2.05) is 0 Å². The van der Waals surface area contributed by atoms with Crippen LogP contribution >= 0.6 is 11.6 Å². The number of aromatic nitrogens is 1. The molecule has 1 N–H and O–H groups in total. The van der Waals surface area contributed by atoms with Crippen LogP contribution in [0.5, 0.6) is 17.2 Å². The first-order valence-corrected chi connectivity index (χ1v) is 5.03. The van der Waals surface area contributed by atoms with Gasteiger partial charge in [0.15, 0.2) is 5.75 Å². The average Bonchev–Trinajstić information content (AvgIpc) is 2.32. The van der Waals surface area contributed by atoms with E-state index in [0.717, 1.165) is 6.07 Å². The second-order valence-corrected chi connectivity index (χ2v) is 3.63. The lowest BCUT2D eigenvalue weighted by molar-refractivity contribution is 0.385. The second-order valence-electron chi connectivity index (χ2n) is 3.25. The number of rotatable bonds is 2. The predicted molar refractivity (Wildman–Crippen MR) is 57.3 cm³/mol. The first-order chi connectivity index (χ1) is 8.49. The van der Waals surface area contributed by atoms with Crippen molar-refractivity contribution in [1.82, 2.24) is 4.98 Å². The molecular weight excluding hydrogens is 271 g/mol. The molecule has 0 saturated carbocycles. The molecular formula is C11H5ClF3NO2. The van der Waals surface area contributed by atoms with E-state index >= 15 is 0 Å². The zero-order chi connectivity index (χ0) is 13.3. The Labute approximate surface area is 104 Å². The van der Waals surface area contributed by atoms with Crippen LogP contribution in [0.15, 0.2) is 24.3 Å². The molecule has 0 bridgehead atoms. The van der Waals surface area contributed by atoms with Gasteiger partial charge in [0.25, 0.3) is 5.95 Å². The highest BCUT2D eigenvalue weighted by Gasteiger charge is 2.21. The number of benzene rings is 1. The summed E-state index contributed by atoms with van der Waals surface area (Å²) in [5.74, 6) is -5.56. The zero-order valence-corrected chi connectivity index (χ0v) is 9.38. The number of hydrogen-bond acceptors (Lipinski definition) is 3. The zero-order valence-electron chi connectivity index (χ0n) is 8.62. The van der Waals surface area contributed by atoms with Crippen LogP contribution in [0.3, 0.4) is 0 Å². The van der Waals surface area contributed by atoms with Gasteiger partial charge in [-0.25, -0.2) is 0 Å². The quantitative estimate of drug-likeness (QED) is 0.851. The van der Waals surface area contributed by atoms with Crippen molar-refractivity contribution < 1.29 is 23.0 Å². The first-order valence-electron chi connectivity index (χ1n) is 4.66. The van der Waals surface area contributed by atoms with Crippen molar-refractivity contribution >= 4 is 11.6 Å². The normalized spacial score (nSPS) is 10.4. The number of phenolic OH excluding ortho intramolecular Hbond substituents is 1. The number of halogens is 4. The molecule has 18 heavy (non-hydrogen) atoms. The summed E-state index contributed by atoms with van der Waals surface area (Å²) < 4.78 is 44.2.